The van der Waals surface area contributed by atoms with Crippen molar-refractivity contribution in [1.82, 2.24) is 5.32 Å². The zero-order valence-corrected chi connectivity index (χ0v) is 21.4. The van der Waals surface area contributed by atoms with Crippen LogP contribution in [0.15, 0.2) is 52.3 Å². The SMILES string of the molecule is COC(=O)CCC[C@H](NC(=O)c1ccc2c(c1)SCCN2S(=O)(=O)c1ccc(C)cc1)C(=O)OC. The smallest absolute Gasteiger partial charge is 0.328 e. The summed E-state index contributed by atoms with van der Waals surface area (Å²) in [7, 11) is -1.25. The average molecular weight is 521 g/mol. The zero-order chi connectivity index (χ0) is 25.6. The van der Waals surface area contributed by atoms with Crippen molar-refractivity contribution in [1.29, 1.82) is 0 Å². The highest BCUT2D eigenvalue weighted by Gasteiger charge is 2.30. The van der Waals surface area contributed by atoms with Crippen LogP contribution in [0.1, 0.15) is 35.2 Å². The van der Waals surface area contributed by atoms with E-state index >= 15 is 0 Å². The summed E-state index contributed by atoms with van der Waals surface area (Å²) in [6.45, 7) is 2.20. The summed E-state index contributed by atoms with van der Waals surface area (Å²) in [5.41, 5.74) is 1.75. The fraction of sp³-hybridized carbons (Fsp3) is 0.375. The normalized spacial score (nSPS) is 14.0. The maximum atomic E-state index is 13.3. The number of ether oxygens (including phenoxy) is 2. The summed E-state index contributed by atoms with van der Waals surface area (Å²) in [6, 6.07) is 10.5. The molecule has 11 heteroatoms. The number of fused-ring (bicyclic) bond motifs is 1. The molecule has 0 radical (unpaired) electrons. The number of carbonyl (C=O) groups excluding carboxylic acids is 3. The Morgan fingerprint density at radius 3 is 2.46 bits per heavy atom. The molecule has 2 aromatic carbocycles. The third kappa shape index (κ3) is 6.34. The number of methoxy groups -OCH3 is 2. The van der Waals surface area contributed by atoms with Crippen molar-refractivity contribution in [3.63, 3.8) is 0 Å². The van der Waals surface area contributed by atoms with Gasteiger partial charge in [0.2, 0.25) is 0 Å². The lowest BCUT2D eigenvalue weighted by atomic mass is 10.1. The third-order valence-corrected chi connectivity index (χ3v) is 8.40. The number of thioether (sulfide) groups is 1. The molecule has 0 saturated heterocycles. The van der Waals surface area contributed by atoms with Gasteiger partial charge in [-0.2, -0.15) is 0 Å². The van der Waals surface area contributed by atoms with E-state index in [1.54, 1.807) is 36.4 Å². The van der Waals surface area contributed by atoms with Gasteiger partial charge in [-0.15, -0.1) is 11.8 Å². The molecule has 9 nitrogen and oxygen atoms in total. The van der Waals surface area contributed by atoms with Gasteiger partial charge in [-0.25, -0.2) is 13.2 Å². The molecule has 0 fully saturated rings. The Hall–Kier alpha value is -3.05. The lowest BCUT2D eigenvalue weighted by molar-refractivity contribution is -0.144. The fourth-order valence-electron chi connectivity index (χ4n) is 3.61. The molecule has 1 heterocycles. The Balaban J connectivity index is 1.79. The van der Waals surface area contributed by atoms with Gasteiger partial charge in [0.15, 0.2) is 0 Å². The summed E-state index contributed by atoms with van der Waals surface area (Å²) in [5, 5.41) is 2.65. The van der Waals surface area contributed by atoms with E-state index < -0.39 is 33.9 Å². The van der Waals surface area contributed by atoms with E-state index in [9.17, 15) is 22.8 Å². The van der Waals surface area contributed by atoms with E-state index in [-0.39, 0.29) is 23.3 Å². The first-order chi connectivity index (χ1) is 16.7. The van der Waals surface area contributed by atoms with Crippen molar-refractivity contribution in [3.05, 3.63) is 53.6 Å². The van der Waals surface area contributed by atoms with Gasteiger partial charge < -0.3 is 14.8 Å². The number of carbonyl (C=O) groups is 3. The van der Waals surface area contributed by atoms with E-state index in [0.717, 1.165) is 5.56 Å². The lowest BCUT2D eigenvalue weighted by Crippen LogP contribution is -2.41. The third-order valence-electron chi connectivity index (χ3n) is 5.54. The van der Waals surface area contributed by atoms with Crippen LogP contribution >= 0.6 is 11.8 Å². The summed E-state index contributed by atoms with van der Waals surface area (Å²) in [5.74, 6) is -0.996. The molecule has 0 aromatic heterocycles. The number of anilines is 1. The van der Waals surface area contributed by atoms with Crippen LogP contribution < -0.4 is 9.62 Å². The largest absolute Gasteiger partial charge is 0.469 e. The molecular formula is C24H28N2O7S2. The van der Waals surface area contributed by atoms with Gasteiger partial charge >= 0.3 is 11.9 Å². The van der Waals surface area contributed by atoms with E-state index in [1.807, 2.05) is 6.92 Å². The van der Waals surface area contributed by atoms with Crippen LogP contribution in [0, 0.1) is 6.92 Å². The number of nitrogens with one attached hydrogen (secondary N) is 1. The Morgan fingerprint density at radius 1 is 1.09 bits per heavy atom. The summed E-state index contributed by atoms with van der Waals surface area (Å²) in [6.07, 6.45) is 0.648. The lowest BCUT2D eigenvalue weighted by Gasteiger charge is -2.30. The maximum absolute atomic E-state index is 13.3. The van der Waals surface area contributed by atoms with Crippen LogP contribution in [0.3, 0.4) is 0 Å². The van der Waals surface area contributed by atoms with Gasteiger partial charge in [-0.1, -0.05) is 17.7 Å². The molecule has 1 amide bonds. The van der Waals surface area contributed by atoms with Gasteiger partial charge in [0.05, 0.1) is 24.8 Å². The second kappa shape index (κ2) is 11.6. The van der Waals surface area contributed by atoms with Gasteiger partial charge in [-0.3, -0.25) is 13.9 Å². The number of nitrogens with zero attached hydrogens (tertiary/aromatic N) is 1. The standard InChI is InChI=1S/C24H28N2O7S2/c1-16-7-10-18(11-8-16)35(30,31)26-13-14-34-21-15-17(9-12-20(21)26)23(28)25-19(24(29)33-3)5-4-6-22(27)32-2/h7-12,15,19H,4-6,13-14H2,1-3H3,(H,25,28)/t19-/m0/s1. The highest BCUT2D eigenvalue weighted by atomic mass is 32.2. The summed E-state index contributed by atoms with van der Waals surface area (Å²) < 4.78 is 37.2. The molecule has 1 aliphatic heterocycles. The molecule has 2 aromatic rings. The molecule has 3 rings (SSSR count). The summed E-state index contributed by atoms with van der Waals surface area (Å²) in [4.78, 5) is 37.2. The summed E-state index contributed by atoms with van der Waals surface area (Å²) >= 11 is 1.46. The minimum atomic E-state index is -3.76. The van der Waals surface area contributed by atoms with Crippen LogP contribution in [0.5, 0.6) is 0 Å². The van der Waals surface area contributed by atoms with Crippen LogP contribution in [0.4, 0.5) is 5.69 Å². The van der Waals surface area contributed by atoms with Crippen LogP contribution in [0.25, 0.3) is 0 Å². The second-order valence-electron chi connectivity index (χ2n) is 7.94. The number of aryl methyl sites for hydroxylation is 1. The average Bonchev–Trinajstić information content (AvgIpc) is 2.86. The minimum absolute atomic E-state index is 0.112. The molecule has 35 heavy (non-hydrogen) atoms. The molecule has 1 atom stereocenters. The Labute approximate surface area is 209 Å². The monoisotopic (exact) mass is 520 g/mol. The zero-order valence-electron chi connectivity index (χ0n) is 19.8. The second-order valence-corrected chi connectivity index (χ2v) is 10.9. The van der Waals surface area contributed by atoms with E-state index in [1.165, 1.54) is 36.4 Å². The first-order valence-electron chi connectivity index (χ1n) is 11.0. The Kier molecular flexibility index (Phi) is 8.79. The number of sulfonamides is 1. The van der Waals surface area contributed by atoms with Crippen molar-refractivity contribution in [3.8, 4) is 0 Å². The fourth-order valence-corrected chi connectivity index (χ4v) is 6.30. The molecule has 188 valence electrons. The van der Waals surface area contributed by atoms with Crippen LogP contribution in [0.2, 0.25) is 0 Å². The first-order valence-corrected chi connectivity index (χ1v) is 13.4. The Bertz CT molecular complexity index is 1200. The van der Waals surface area contributed by atoms with E-state index in [2.05, 4.69) is 10.1 Å². The molecule has 1 N–H and O–H groups in total. The Morgan fingerprint density at radius 2 is 1.80 bits per heavy atom. The number of benzene rings is 2. The number of hydrogen-bond acceptors (Lipinski definition) is 8. The predicted octanol–water partition coefficient (Wildman–Crippen LogP) is 2.91. The van der Waals surface area contributed by atoms with Crippen molar-refractivity contribution < 1.29 is 32.3 Å². The molecule has 0 unspecified atom stereocenters. The van der Waals surface area contributed by atoms with Gasteiger partial charge in [0.25, 0.3) is 15.9 Å². The predicted molar refractivity (Wildman–Crippen MR) is 132 cm³/mol. The molecular weight excluding hydrogens is 492 g/mol. The van der Waals surface area contributed by atoms with Crippen molar-refractivity contribution >= 4 is 45.3 Å². The highest BCUT2D eigenvalue weighted by molar-refractivity contribution is 8.00. The minimum Gasteiger partial charge on any atom is -0.469 e. The molecule has 0 aliphatic carbocycles. The van der Waals surface area contributed by atoms with Crippen molar-refractivity contribution in [2.75, 3.05) is 30.8 Å². The maximum Gasteiger partial charge on any atom is 0.328 e. The van der Waals surface area contributed by atoms with E-state index in [4.69, 9.17) is 4.74 Å². The highest BCUT2D eigenvalue weighted by Crippen LogP contribution is 2.38. The number of hydrogen-bond donors (Lipinski definition) is 1. The van der Waals surface area contributed by atoms with Crippen molar-refractivity contribution in [2.24, 2.45) is 0 Å². The van der Waals surface area contributed by atoms with Crippen molar-refractivity contribution in [2.45, 2.75) is 42.0 Å². The van der Waals surface area contributed by atoms with Crippen LogP contribution in [-0.2, 0) is 29.1 Å². The van der Waals surface area contributed by atoms with Crippen LogP contribution in [-0.4, -0.2) is 58.8 Å². The number of rotatable bonds is 9. The number of esters is 2. The topological polar surface area (TPSA) is 119 Å². The molecule has 0 saturated carbocycles. The number of amides is 1. The quantitative estimate of drug-likeness (QED) is 0.502. The van der Waals surface area contributed by atoms with Gasteiger partial charge in [0.1, 0.15) is 6.04 Å². The molecule has 1 aliphatic rings. The molecule has 0 spiro atoms. The first kappa shape index (κ1) is 26.6. The van der Waals surface area contributed by atoms with Gasteiger partial charge in [-0.05, 0) is 50.1 Å². The van der Waals surface area contributed by atoms with E-state index in [0.29, 0.717) is 29.3 Å². The molecule has 0 bridgehead atoms. The van der Waals surface area contributed by atoms with Gasteiger partial charge in [0, 0.05) is 29.2 Å².